The molecule has 4 aliphatic rings. The highest BCUT2D eigenvalue weighted by Gasteiger charge is 2.68. The van der Waals surface area contributed by atoms with E-state index in [-0.39, 0.29) is 5.97 Å². The van der Waals surface area contributed by atoms with E-state index < -0.39 is 0 Å². The van der Waals surface area contributed by atoms with Crippen molar-refractivity contribution in [3.05, 3.63) is 0 Å². The number of esters is 1. The average Bonchev–Trinajstić information content (AvgIpc) is 2.80. The molecule has 4 aliphatic carbocycles. The normalized spacial score (nSPS) is 37.9. The molecule has 4 bridgehead atoms. The Bertz CT molecular complexity index is 331. The molecule has 108 valence electrons. The first-order valence-electron chi connectivity index (χ1n) is 7.74. The van der Waals surface area contributed by atoms with Crippen molar-refractivity contribution < 1.29 is 9.53 Å². The molecule has 0 aromatic rings. The molecule has 0 heterocycles. The van der Waals surface area contributed by atoms with Gasteiger partial charge in [0.15, 0.2) is 0 Å². The monoisotopic (exact) mass is 283 g/mol. The summed E-state index contributed by atoms with van der Waals surface area (Å²) in [7, 11) is 0. The van der Waals surface area contributed by atoms with Crippen LogP contribution in [0.15, 0.2) is 0 Å². The van der Waals surface area contributed by atoms with E-state index in [0.29, 0.717) is 12.4 Å². The van der Waals surface area contributed by atoms with Gasteiger partial charge in [-0.3, -0.25) is 4.79 Å². The Hall–Kier alpha value is -0.220. The first kappa shape index (κ1) is 13.7. The van der Waals surface area contributed by atoms with Gasteiger partial charge in [-0.05, 0) is 49.6 Å². The first-order chi connectivity index (χ1) is 9.24. The van der Waals surface area contributed by atoms with Gasteiger partial charge >= 0.3 is 5.97 Å². The number of hydrogen-bond acceptors (Lipinski definition) is 4. The van der Waals surface area contributed by atoms with E-state index in [0.717, 1.165) is 48.6 Å². The highest BCUT2D eigenvalue weighted by Crippen LogP contribution is 2.73. The summed E-state index contributed by atoms with van der Waals surface area (Å²) in [6, 6.07) is 0. The molecule has 4 rings (SSSR count). The molecule has 0 N–H and O–H groups in total. The highest BCUT2D eigenvalue weighted by molar-refractivity contribution is 8.00. The Morgan fingerprint density at radius 2 is 1.95 bits per heavy atom. The minimum Gasteiger partial charge on any atom is -0.464 e. The first-order valence-corrected chi connectivity index (χ1v) is 8.79. The Labute approximate surface area is 120 Å². The zero-order chi connectivity index (χ0) is 13.4. The fraction of sp³-hybridized carbons (Fsp3) is 0.933. The lowest BCUT2D eigenvalue weighted by molar-refractivity contribution is -0.140. The maximum Gasteiger partial charge on any atom is 0.315 e. The molecule has 0 spiro atoms. The van der Waals surface area contributed by atoms with Crippen LogP contribution in [0.4, 0.5) is 0 Å². The summed E-state index contributed by atoms with van der Waals surface area (Å²) in [5.41, 5.74) is 0. The Balaban J connectivity index is 1.30. The second-order valence-electron chi connectivity index (χ2n) is 6.16. The minimum absolute atomic E-state index is 0.0153. The van der Waals surface area contributed by atoms with Crippen molar-refractivity contribution in [3.63, 3.8) is 0 Å². The molecule has 19 heavy (non-hydrogen) atoms. The van der Waals surface area contributed by atoms with E-state index in [4.69, 9.17) is 4.74 Å². The van der Waals surface area contributed by atoms with E-state index in [2.05, 4.69) is 18.7 Å². The summed E-state index contributed by atoms with van der Waals surface area (Å²) in [6.45, 7) is 7.73. The van der Waals surface area contributed by atoms with E-state index in [1.165, 1.54) is 12.8 Å². The molecule has 0 aliphatic heterocycles. The van der Waals surface area contributed by atoms with E-state index in [1.807, 2.05) is 11.8 Å². The van der Waals surface area contributed by atoms with Crippen LogP contribution < -0.4 is 0 Å². The van der Waals surface area contributed by atoms with Crippen molar-refractivity contribution >= 4 is 17.7 Å². The van der Waals surface area contributed by atoms with Gasteiger partial charge in [-0.1, -0.05) is 13.8 Å². The summed E-state index contributed by atoms with van der Waals surface area (Å²) >= 11 is 1.87. The topological polar surface area (TPSA) is 29.5 Å². The van der Waals surface area contributed by atoms with Crippen molar-refractivity contribution in [2.24, 2.45) is 23.7 Å². The molecule has 0 radical (unpaired) electrons. The second kappa shape index (κ2) is 5.65. The molecule has 4 saturated carbocycles. The van der Waals surface area contributed by atoms with Crippen LogP contribution in [0.2, 0.25) is 0 Å². The second-order valence-corrected chi connectivity index (χ2v) is 7.33. The molecule has 3 atom stereocenters. The molecular weight excluding hydrogens is 258 g/mol. The Morgan fingerprint density at radius 1 is 1.26 bits per heavy atom. The van der Waals surface area contributed by atoms with Gasteiger partial charge in [0.2, 0.25) is 0 Å². The number of carbonyl (C=O) groups is 1. The van der Waals surface area contributed by atoms with Gasteiger partial charge in [-0.2, -0.15) is 0 Å². The van der Waals surface area contributed by atoms with Crippen LogP contribution in [0.1, 0.15) is 26.7 Å². The molecule has 3 nitrogen and oxygen atoms in total. The van der Waals surface area contributed by atoms with Crippen molar-refractivity contribution in [3.8, 4) is 0 Å². The van der Waals surface area contributed by atoms with Crippen LogP contribution in [-0.4, -0.2) is 48.1 Å². The summed E-state index contributed by atoms with van der Waals surface area (Å²) < 4.78 is 5.33. The number of hydrogen-bond donors (Lipinski definition) is 0. The lowest BCUT2D eigenvalue weighted by atomic mass is 10.1. The SMILES string of the molecule is CCN(CC)CCOC(=O)CS[C@@H]1C2C[C@H]3C1[C@@H]3C2. The van der Waals surface area contributed by atoms with Gasteiger partial charge in [0, 0.05) is 11.8 Å². The van der Waals surface area contributed by atoms with E-state index in [1.54, 1.807) is 0 Å². The van der Waals surface area contributed by atoms with Crippen LogP contribution >= 0.6 is 11.8 Å². The van der Waals surface area contributed by atoms with Crippen molar-refractivity contribution in [1.82, 2.24) is 4.90 Å². The fourth-order valence-electron chi connectivity index (χ4n) is 4.29. The zero-order valence-corrected chi connectivity index (χ0v) is 12.8. The molecule has 0 unspecified atom stereocenters. The fourth-order valence-corrected chi connectivity index (χ4v) is 5.82. The van der Waals surface area contributed by atoms with Crippen molar-refractivity contribution in [1.29, 1.82) is 0 Å². The van der Waals surface area contributed by atoms with Crippen LogP contribution in [0.3, 0.4) is 0 Å². The Kier molecular flexibility index (Phi) is 4.08. The van der Waals surface area contributed by atoms with Gasteiger partial charge in [0.25, 0.3) is 0 Å². The molecule has 4 fully saturated rings. The largest absolute Gasteiger partial charge is 0.464 e. The lowest BCUT2D eigenvalue weighted by Crippen LogP contribution is -2.28. The Morgan fingerprint density at radius 3 is 2.47 bits per heavy atom. The quantitative estimate of drug-likeness (QED) is 0.639. The van der Waals surface area contributed by atoms with Gasteiger partial charge < -0.3 is 9.64 Å². The zero-order valence-electron chi connectivity index (χ0n) is 12.0. The highest BCUT2D eigenvalue weighted by atomic mass is 32.2. The standard InChI is InChI=1S/C15H25NO2S/c1-3-16(4-2)5-6-18-13(17)9-19-15-10-7-11-12(8-10)14(11)15/h10-12,14-15H,3-9H2,1-2H3/t10?,11-,12-,14?,15-/m1/s1. The van der Waals surface area contributed by atoms with Gasteiger partial charge in [-0.15, -0.1) is 11.8 Å². The molecular formula is C15H25NO2S. The molecule has 0 aromatic heterocycles. The van der Waals surface area contributed by atoms with Gasteiger partial charge in [-0.25, -0.2) is 0 Å². The van der Waals surface area contributed by atoms with Crippen LogP contribution in [0.25, 0.3) is 0 Å². The van der Waals surface area contributed by atoms with E-state index in [9.17, 15) is 4.79 Å². The lowest BCUT2D eigenvalue weighted by Gasteiger charge is -2.18. The molecule has 0 aromatic carbocycles. The maximum absolute atomic E-state index is 11.7. The predicted octanol–water partition coefficient (Wildman–Crippen LogP) is 2.26. The van der Waals surface area contributed by atoms with Crippen molar-refractivity contribution in [2.75, 3.05) is 32.0 Å². The third-order valence-corrected chi connectivity index (χ3v) is 6.84. The van der Waals surface area contributed by atoms with Crippen LogP contribution in [-0.2, 0) is 9.53 Å². The summed E-state index contributed by atoms with van der Waals surface area (Å²) in [5.74, 6) is 4.53. The predicted molar refractivity (Wildman–Crippen MR) is 78.2 cm³/mol. The number of ether oxygens (including phenoxy) is 1. The van der Waals surface area contributed by atoms with Crippen LogP contribution in [0, 0.1) is 23.7 Å². The summed E-state index contributed by atoms with van der Waals surface area (Å²) in [6.07, 6.45) is 2.90. The summed E-state index contributed by atoms with van der Waals surface area (Å²) in [4.78, 5) is 14.0. The average molecular weight is 283 g/mol. The number of nitrogens with zero attached hydrogens (tertiary/aromatic N) is 1. The number of carbonyl (C=O) groups excluding carboxylic acids is 1. The molecule has 0 amide bonds. The molecule has 0 saturated heterocycles. The number of thioether (sulfide) groups is 1. The third kappa shape index (κ3) is 2.66. The third-order valence-electron chi connectivity index (χ3n) is 5.35. The van der Waals surface area contributed by atoms with Crippen LogP contribution in [0.5, 0.6) is 0 Å². The maximum atomic E-state index is 11.7. The molecule has 4 heteroatoms. The number of likely N-dealkylation sites (N-methyl/N-ethyl adjacent to an activating group) is 1. The van der Waals surface area contributed by atoms with Crippen molar-refractivity contribution in [2.45, 2.75) is 31.9 Å². The smallest absolute Gasteiger partial charge is 0.315 e. The number of rotatable bonds is 8. The summed E-state index contributed by atoms with van der Waals surface area (Å²) in [5, 5.41) is 0.783. The van der Waals surface area contributed by atoms with Gasteiger partial charge in [0.05, 0.1) is 5.75 Å². The minimum atomic E-state index is -0.0153. The van der Waals surface area contributed by atoms with Gasteiger partial charge in [0.1, 0.15) is 6.61 Å². The van der Waals surface area contributed by atoms with E-state index >= 15 is 0 Å².